The zero-order valence-electron chi connectivity index (χ0n) is 12.5. The molecular formula is C17H21NO3. The maximum atomic E-state index is 5.84. The molecule has 2 aromatic carbocycles. The lowest BCUT2D eigenvalue weighted by Crippen LogP contribution is -2.02. The minimum atomic E-state index is 0.438. The summed E-state index contributed by atoms with van der Waals surface area (Å²) >= 11 is 0. The Balaban J connectivity index is 2.10. The van der Waals surface area contributed by atoms with Crippen LogP contribution >= 0.6 is 0 Å². The van der Waals surface area contributed by atoms with Gasteiger partial charge in [0.25, 0.3) is 0 Å². The number of ether oxygens (including phenoxy) is 3. The highest BCUT2D eigenvalue weighted by Crippen LogP contribution is 2.22. The number of hydrogen-bond donors (Lipinski definition) is 1. The molecule has 2 rings (SSSR count). The average Bonchev–Trinajstić information content (AvgIpc) is 2.53. The van der Waals surface area contributed by atoms with E-state index >= 15 is 0 Å². The second-order valence-corrected chi connectivity index (χ2v) is 4.72. The molecule has 112 valence electrons. The summed E-state index contributed by atoms with van der Waals surface area (Å²) in [6.07, 6.45) is 0. The van der Waals surface area contributed by atoms with Gasteiger partial charge >= 0.3 is 0 Å². The van der Waals surface area contributed by atoms with Crippen LogP contribution < -0.4 is 15.2 Å². The van der Waals surface area contributed by atoms with Gasteiger partial charge in [-0.3, -0.25) is 0 Å². The normalized spacial score (nSPS) is 10.4. The molecule has 0 atom stereocenters. The van der Waals surface area contributed by atoms with Crippen LogP contribution in [-0.4, -0.2) is 14.2 Å². The molecular weight excluding hydrogens is 266 g/mol. The second kappa shape index (κ2) is 7.67. The maximum Gasteiger partial charge on any atom is 0.125 e. The lowest BCUT2D eigenvalue weighted by molar-refractivity contribution is 0.184. The van der Waals surface area contributed by atoms with Gasteiger partial charge in [0.1, 0.15) is 18.1 Å². The lowest BCUT2D eigenvalue weighted by Gasteiger charge is -2.12. The van der Waals surface area contributed by atoms with Gasteiger partial charge in [-0.25, -0.2) is 0 Å². The van der Waals surface area contributed by atoms with E-state index in [1.165, 1.54) is 0 Å². The SMILES string of the molecule is COCc1cccc(OCc2cc(CN)ccc2OC)c1. The smallest absolute Gasteiger partial charge is 0.125 e. The third-order valence-electron chi connectivity index (χ3n) is 3.18. The Hall–Kier alpha value is -2.04. The highest BCUT2D eigenvalue weighted by Gasteiger charge is 2.06. The van der Waals surface area contributed by atoms with E-state index in [0.29, 0.717) is 19.8 Å². The van der Waals surface area contributed by atoms with Crippen LogP contribution in [0.3, 0.4) is 0 Å². The third-order valence-corrected chi connectivity index (χ3v) is 3.18. The molecule has 0 spiro atoms. The predicted octanol–water partition coefficient (Wildman–Crippen LogP) is 2.88. The fraction of sp³-hybridized carbons (Fsp3) is 0.294. The summed E-state index contributed by atoms with van der Waals surface area (Å²) in [4.78, 5) is 0. The number of methoxy groups -OCH3 is 2. The molecule has 2 N–H and O–H groups in total. The second-order valence-electron chi connectivity index (χ2n) is 4.72. The zero-order valence-corrected chi connectivity index (χ0v) is 12.5. The van der Waals surface area contributed by atoms with E-state index in [9.17, 15) is 0 Å². The molecule has 0 fully saturated rings. The van der Waals surface area contributed by atoms with Crippen molar-refractivity contribution in [1.82, 2.24) is 0 Å². The van der Waals surface area contributed by atoms with Crippen molar-refractivity contribution in [3.8, 4) is 11.5 Å². The summed E-state index contributed by atoms with van der Waals surface area (Å²) in [6, 6.07) is 13.8. The first-order chi connectivity index (χ1) is 10.3. The number of nitrogens with two attached hydrogens (primary N) is 1. The molecule has 0 amide bonds. The van der Waals surface area contributed by atoms with Crippen molar-refractivity contribution in [2.45, 2.75) is 19.8 Å². The first-order valence-corrected chi connectivity index (χ1v) is 6.83. The van der Waals surface area contributed by atoms with Crippen LogP contribution in [0, 0.1) is 0 Å². The Labute approximate surface area is 125 Å². The first kappa shape index (κ1) is 15.4. The van der Waals surface area contributed by atoms with Crippen LogP contribution in [0.4, 0.5) is 0 Å². The Morgan fingerprint density at radius 1 is 0.952 bits per heavy atom. The predicted molar refractivity (Wildman–Crippen MR) is 82.4 cm³/mol. The van der Waals surface area contributed by atoms with Gasteiger partial charge in [0.05, 0.1) is 13.7 Å². The van der Waals surface area contributed by atoms with Crippen LogP contribution in [-0.2, 0) is 24.5 Å². The number of hydrogen-bond acceptors (Lipinski definition) is 4. The summed E-state index contributed by atoms with van der Waals surface area (Å²) < 4.78 is 16.3. The van der Waals surface area contributed by atoms with Gasteiger partial charge in [0, 0.05) is 19.2 Å². The van der Waals surface area contributed by atoms with E-state index in [2.05, 4.69) is 0 Å². The first-order valence-electron chi connectivity index (χ1n) is 6.83. The van der Waals surface area contributed by atoms with Crippen LogP contribution in [0.25, 0.3) is 0 Å². The third kappa shape index (κ3) is 4.21. The van der Waals surface area contributed by atoms with E-state index in [-0.39, 0.29) is 0 Å². The fourth-order valence-corrected chi connectivity index (χ4v) is 2.12. The number of rotatable bonds is 7. The lowest BCUT2D eigenvalue weighted by atomic mass is 10.1. The molecule has 0 saturated carbocycles. The standard InChI is InChI=1S/C17H21NO3/c1-19-11-14-4-3-5-16(9-14)21-12-15-8-13(10-18)6-7-17(15)20-2/h3-9H,10-12,18H2,1-2H3. The van der Waals surface area contributed by atoms with Crippen molar-refractivity contribution in [3.63, 3.8) is 0 Å². The zero-order chi connectivity index (χ0) is 15.1. The number of benzene rings is 2. The molecule has 0 unspecified atom stereocenters. The minimum Gasteiger partial charge on any atom is -0.496 e. The fourth-order valence-electron chi connectivity index (χ4n) is 2.12. The van der Waals surface area contributed by atoms with Crippen molar-refractivity contribution < 1.29 is 14.2 Å². The van der Waals surface area contributed by atoms with Crippen LogP contribution in [0.1, 0.15) is 16.7 Å². The summed E-state index contributed by atoms with van der Waals surface area (Å²) in [5, 5.41) is 0. The average molecular weight is 287 g/mol. The molecule has 0 aliphatic rings. The van der Waals surface area contributed by atoms with Gasteiger partial charge in [-0.15, -0.1) is 0 Å². The Morgan fingerprint density at radius 2 is 1.81 bits per heavy atom. The van der Waals surface area contributed by atoms with E-state index in [1.54, 1.807) is 14.2 Å². The highest BCUT2D eigenvalue weighted by molar-refractivity contribution is 5.37. The van der Waals surface area contributed by atoms with Gasteiger partial charge < -0.3 is 19.9 Å². The highest BCUT2D eigenvalue weighted by atomic mass is 16.5. The van der Waals surface area contributed by atoms with Gasteiger partial charge in [0.2, 0.25) is 0 Å². The monoisotopic (exact) mass is 287 g/mol. The molecule has 4 nitrogen and oxygen atoms in total. The molecule has 0 saturated heterocycles. The van der Waals surface area contributed by atoms with Crippen molar-refractivity contribution in [1.29, 1.82) is 0 Å². The molecule has 0 aliphatic heterocycles. The summed E-state index contributed by atoms with van der Waals surface area (Å²) in [5.74, 6) is 1.62. The Kier molecular flexibility index (Phi) is 5.60. The molecule has 0 aliphatic carbocycles. The maximum absolute atomic E-state index is 5.84. The summed E-state index contributed by atoms with van der Waals surface area (Å²) in [5.41, 5.74) is 8.80. The topological polar surface area (TPSA) is 53.7 Å². The summed E-state index contributed by atoms with van der Waals surface area (Å²) in [6.45, 7) is 1.51. The minimum absolute atomic E-state index is 0.438. The van der Waals surface area contributed by atoms with E-state index in [0.717, 1.165) is 28.2 Å². The molecule has 4 heteroatoms. The van der Waals surface area contributed by atoms with E-state index in [4.69, 9.17) is 19.9 Å². The molecule has 0 radical (unpaired) electrons. The molecule has 0 heterocycles. The quantitative estimate of drug-likeness (QED) is 0.850. The Morgan fingerprint density at radius 3 is 2.52 bits per heavy atom. The molecule has 0 bridgehead atoms. The molecule has 2 aromatic rings. The van der Waals surface area contributed by atoms with Gasteiger partial charge in [-0.1, -0.05) is 18.2 Å². The van der Waals surface area contributed by atoms with Gasteiger partial charge in [-0.05, 0) is 35.4 Å². The van der Waals surface area contributed by atoms with Crippen molar-refractivity contribution in [2.24, 2.45) is 5.73 Å². The van der Waals surface area contributed by atoms with Crippen LogP contribution in [0.5, 0.6) is 11.5 Å². The largest absolute Gasteiger partial charge is 0.496 e. The van der Waals surface area contributed by atoms with Gasteiger partial charge in [0.15, 0.2) is 0 Å². The van der Waals surface area contributed by atoms with E-state index < -0.39 is 0 Å². The summed E-state index contributed by atoms with van der Waals surface area (Å²) in [7, 11) is 3.33. The van der Waals surface area contributed by atoms with Crippen molar-refractivity contribution in [3.05, 3.63) is 59.2 Å². The van der Waals surface area contributed by atoms with Crippen molar-refractivity contribution >= 4 is 0 Å². The van der Waals surface area contributed by atoms with Crippen LogP contribution in [0.2, 0.25) is 0 Å². The van der Waals surface area contributed by atoms with Gasteiger partial charge in [-0.2, -0.15) is 0 Å². The van der Waals surface area contributed by atoms with Crippen LogP contribution in [0.15, 0.2) is 42.5 Å². The molecule has 21 heavy (non-hydrogen) atoms. The van der Waals surface area contributed by atoms with Crippen molar-refractivity contribution in [2.75, 3.05) is 14.2 Å². The molecule has 0 aromatic heterocycles. The van der Waals surface area contributed by atoms with E-state index in [1.807, 2.05) is 42.5 Å². The Bertz CT molecular complexity index is 584.